The molecule has 7 nitrogen and oxygen atoms in total. The van der Waals surface area contributed by atoms with E-state index in [4.69, 9.17) is 21.1 Å². The lowest BCUT2D eigenvalue weighted by molar-refractivity contribution is -0.0730. The SMILES string of the molecule is CO[C@@]1(CC=C(C)C)/C=C/C[C@H](C)[C@@H](C)S(=O)(=O)NC(=O)c2ccc3c(c2)N(C[C@@H]2CC[C@H]21)C[C@@]1(CCCc2cc(Cl)ccc21)CO3. The summed E-state index contributed by atoms with van der Waals surface area (Å²) in [6, 6.07) is 11.6. The van der Waals surface area contributed by atoms with Crippen LogP contribution in [0.25, 0.3) is 0 Å². The van der Waals surface area contributed by atoms with Crippen molar-refractivity contribution in [2.45, 2.75) is 88.9 Å². The zero-order chi connectivity index (χ0) is 33.6. The van der Waals surface area contributed by atoms with Crippen LogP contribution < -0.4 is 14.4 Å². The lowest BCUT2D eigenvalue weighted by Crippen LogP contribution is -2.53. The Morgan fingerprint density at radius 1 is 1.17 bits per heavy atom. The highest BCUT2D eigenvalue weighted by Crippen LogP contribution is 2.50. The Kier molecular flexibility index (Phi) is 9.60. The van der Waals surface area contributed by atoms with Crippen LogP contribution in [0.2, 0.25) is 5.02 Å². The van der Waals surface area contributed by atoms with Gasteiger partial charge in [0, 0.05) is 36.2 Å². The van der Waals surface area contributed by atoms with Gasteiger partial charge in [0.25, 0.3) is 5.91 Å². The van der Waals surface area contributed by atoms with Crippen molar-refractivity contribution >= 4 is 33.2 Å². The van der Waals surface area contributed by atoms with Gasteiger partial charge in [-0.15, -0.1) is 0 Å². The van der Waals surface area contributed by atoms with Crippen LogP contribution in [0.5, 0.6) is 5.75 Å². The van der Waals surface area contributed by atoms with E-state index in [1.54, 1.807) is 13.0 Å². The van der Waals surface area contributed by atoms with Crippen LogP contribution in [0.1, 0.15) is 87.7 Å². The van der Waals surface area contributed by atoms with Crippen molar-refractivity contribution in [3.8, 4) is 5.75 Å². The van der Waals surface area contributed by atoms with E-state index in [0.29, 0.717) is 30.3 Å². The van der Waals surface area contributed by atoms with Crippen LogP contribution in [0, 0.1) is 17.8 Å². The lowest BCUT2D eigenvalue weighted by atomic mass is 9.62. The normalized spacial score (nSPS) is 32.5. The molecule has 47 heavy (non-hydrogen) atoms. The van der Waals surface area contributed by atoms with Gasteiger partial charge in [0.2, 0.25) is 10.0 Å². The Labute approximate surface area is 285 Å². The first-order valence-corrected chi connectivity index (χ1v) is 19.0. The lowest BCUT2D eigenvalue weighted by Gasteiger charge is -2.50. The number of amides is 1. The number of carbonyl (C=O) groups is 1. The third kappa shape index (κ3) is 6.62. The fraction of sp³-hybridized carbons (Fsp3) is 0.553. The van der Waals surface area contributed by atoms with Gasteiger partial charge in [-0.25, -0.2) is 13.1 Å². The van der Waals surface area contributed by atoms with Crippen LogP contribution in [0.15, 0.2) is 60.2 Å². The van der Waals surface area contributed by atoms with Crippen LogP contribution in [-0.2, 0) is 26.6 Å². The van der Waals surface area contributed by atoms with Gasteiger partial charge in [0.1, 0.15) is 5.75 Å². The van der Waals surface area contributed by atoms with Gasteiger partial charge in [-0.05, 0) is 125 Å². The Morgan fingerprint density at radius 3 is 2.70 bits per heavy atom. The van der Waals surface area contributed by atoms with Crippen LogP contribution in [0.4, 0.5) is 5.69 Å². The number of hydrogen-bond donors (Lipinski definition) is 1. The molecule has 2 bridgehead atoms. The molecule has 2 heterocycles. The summed E-state index contributed by atoms with van der Waals surface area (Å²) in [7, 11) is -2.12. The Bertz CT molecular complexity index is 1680. The molecule has 2 aliphatic carbocycles. The molecule has 0 radical (unpaired) electrons. The van der Waals surface area contributed by atoms with Crippen LogP contribution in [-0.4, -0.2) is 52.0 Å². The van der Waals surface area contributed by atoms with Gasteiger partial charge in [0.15, 0.2) is 0 Å². The maximum atomic E-state index is 13.5. The summed E-state index contributed by atoms with van der Waals surface area (Å²) in [5, 5.41) is -0.0221. The predicted octanol–water partition coefficient (Wildman–Crippen LogP) is 7.62. The smallest absolute Gasteiger partial charge is 0.264 e. The molecule has 0 aromatic heterocycles. The van der Waals surface area contributed by atoms with E-state index in [1.165, 1.54) is 16.7 Å². The van der Waals surface area contributed by atoms with E-state index in [9.17, 15) is 13.2 Å². The van der Waals surface area contributed by atoms with Crippen LogP contribution in [0.3, 0.4) is 0 Å². The number of benzene rings is 2. The summed E-state index contributed by atoms with van der Waals surface area (Å²) < 4.78 is 42.4. The van der Waals surface area contributed by atoms with E-state index >= 15 is 0 Å². The van der Waals surface area contributed by atoms with Crippen molar-refractivity contribution in [3.63, 3.8) is 0 Å². The number of fused-ring (bicyclic) bond motifs is 4. The van der Waals surface area contributed by atoms with Gasteiger partial charge < -0.3 is 14.4 Å². The Hall–Kier alpha value is -2.81. The molecule has 6 atom stereocenters. The van der Waals surface area contributed by atoms with Gasteiger partial charge in [0.05, 0.1) is 23.1 Å². The maximum Gasteiger partial charge on any atom is 0.264 e. The first-order valence-electron chi connectivity index (χ1n) is 17.1. The number of carbonyl (C=O) groups excluding carboxylic acids is 1. The van der Waals surface area contributed by atoms with Gasteiger partial charge in [-0.2, -0.15) is 0 Å². The second kappa shape index (κ2) is 13.2. The second-order valence-electron chi connectivity index (χ2n) is 14.7. The number of nitrogens with one attached hydrogen (secondary N) is 1. The van der Waals surface area contributed by atoms with Crippen molar-refractivity contribution in [2.24, 2.45) is 17.8 Å². The number of methoxy groups -OCH3 is 1. The monoisotopic (exact) mass is 680 g/mol. The van der Waals surface area contributed by atoms with E-state index < -0.39 is 26.8 Å². The molecule has 2 aromatic rings. The molecular weight excluding hydrogens is 632 g/mol. The number of hydrogen-bond acceptors (Lipinski definition) is 6. The average molecular weight is 681 g/mol. The fourth-order valence-corrected chi connectivity index (χ4v) is 9.72. The maximum absolute atomic E-state index is 13.5. The molecule has 4 aliphatic rings. The van der Waals surface area contributed by atoms with Crippen LogP contribution >= 0.6 is 11.6 Å². The molecule has 9 heteroatoms. The van der Waals surface area contributed by atoms with Gasteiger partial charge >= 0.3 is 0 Å². The summed E-state index contributed by atoms with van der Waals surface area (Å²) in [5.41, 5.74) is 4.16. The number of ether oxygens (including phenoxy) is 2. The number of rotatable bonds is 3. The number of sulfonamides is 1. The van der Waals surface area contributed by atoms with Crippen molar-refractivity contribution in [1.82, 2.24) is 4.72 Å². The number of halogens is 1. The van der Waals surface area contributed by atoms with E-state index in [-0.39, 0.29) is 17.3 Å². The third-order valence-corrected chi connectivity index (χ3v) is 13.6. The van der Waals surface area contributed by atoms with Gasteiger partial charge in [-0.1, -0.05) is 48.4 Å². The molecule has 2 aromatic carbocycles. The molecule has 1 saturated carbocycles. The highest BCUT2D eigenvalue weighted by molar-refractivity contribution is 7.90. The van der Waals surface area contributed by atoms with Crippen molar-refractivity contribution < 1.29 is 22.7 Å². The molecule has 1 spiro atoms. The molecule has 0 unspecified atom stereocenters. The molecular formula is C38H49ClN2O5S. The van der Waals surface area contributed by atoms with E-state index in [1.807, 2.05) is 32.2 Å². The fourth-order valence-electron chi connectivity index (χ4n) is 8.24. The highest BCUT2D eigenvalue weighted by atomic mass is 35.5. The highest BCUT2D eigenvalue weighted by Gasteiger charge is 2.48. The third-order valence-electron chi connectivity index (χ3n) is 11.4. The molecule has 1 N–H and O–H groups in total. The summed E-state index contributed by atoms with van der Waals surface area (Å²) in [5.74, 6) is 0.510. The minimum Gasteiger partial charge on any atom is -0.490 e. The summed E-state index contributed by atoms with van der Waals surface area (Å²) in [6.07, 6.45) is 13.0. The van der Waals surface area contributed by atoms with Gasteiger partial charge in [-0.3, -0.25) is 4.79 Å². The van der Waals surface area contributed by atoms with E-state index in [0.717, 1.165) is 62.3 Å². The van der Waals surface area contributed by atoms with Crippen molar-refractivity contribution in [1.29, 1.82) is 0 Å². The Morgan fingerprint density at radius 2 is 1.98 bits per heavy atom. The number of aryl methyl sites for hydroxylation is 1. The number of anilines is 1. The standard InChI is InChI=1S/C38H49ClN2O5S/c1-25(2)16-19-38(45-5)18-6-8-26(3)27(4)47(43,44)40-36(42)29-11-15-35-34(21-29)41(22-30-10-13-33(30)38)23-37(24-46-35)17-7-9-28-20-31(39)12-14-32(28)37/h6,11-12,14-16,18,20-21,26-27,30,33H,7-10,13,17,19,22-24H2,1-5H3,(H,40,42)/b18-6+/t26-,27+,30-,33+,37-,38+/m0/s1. The first-order chi connectivity index (χ1) is 22.4. The molecule has 1 amide bonds. The topological polar surface area (TPSA) is 84.9 Å². The van der Waals surface area contributed by atoms with Crippen molar-refractivity contribution in [2.75, 3.05) is 31.7 Å². The summed E-state index contributed by atoms with van der Waals surface area (Å²) in [6.45, 7) is 9.83. The molecule has 6 rings (SSSR count). The average Bonchev–Trinajstić information content (AvgIpc) is 3.17. The zero-order valence-electron chi connectivity index (χ0n) is 28.4. The zero-order valence-corrected chi connectivity index (χ0v) is 29.9. The number of nitrogens with zero attached hydrogens (tertiary/aromatic N) is 1. The number of allylic oxidation sites excluding steroid dienone is 2. The predicted molar refractivity (Wildman–Crippen MR) is 189 cm³/mol. The first kappa shape index (κ1) is 34.1. The Balaban J connectivity index is 1.47. The quantitative estimate of drug-likeness (QED) is 0.336. The minimum atomic E-state index is -3.93. The summed E-state index contributed by atoms with van der Waals surface area (Å²) in [4.78, 5) is 15.9. The molecule has 1 fully saturated rings. The van der Waals surface area contributed by atoms with Crippen molar-refractivity contribution in [3.05, 3.63) is 81.9 Å². The minimum absolute atomic E-state index is 0.208. The molecule has 2 aliphatic heterocycles. The second-order valence-corrected chi connectivity index (χ2v) is 17.1. The molecule has 0 saturated heterocycles. The molecule has 254 valence electrons. The largest absolute Gasteiger partial charge is 0.490 e. The summed E-state index contributed by atoms with van der Waals surface area (Å²) >= 11 is 6.46. The van der Waals surface area contributed by atoms with E-state index in [2.05, 4.69) is 53.8 Å².